The quantitative estimate of drug-likeness (QED) is 0.406. The maximum Gasteiger partial charge on any atom is 0.312 e. The molecule has 1 spiro atoms. The molecular formula is C22H36N2O6. The van der Waals surface area contributed by atoms with E-state index in [-0.39, 0.29) is 25.0 Å². The summed E-state index contributed by atoms with van der Waals surface area (Å²) in [6.45, 7) is 7.98. The fourth-order valence-corrected chi connectivity index (χ4v) is 5.79. The predicted molar refractivity (Wildman–Crippen MR) is 109 cm³/mol. The van der Waals surface area contributed by atoms with Gasteiger partial charge in [-0.1, -0.05) is 26.7 Å². The lowest BCUT2D eigenvalue weighted by Gasteiger charge is -2.36. The predicted octanol–water partition coefficient (Wildman–Crippen LogP) is 1.39. The molecule has 2 amide bonds. The van der Waals surface area contributed by atoms with Gasteiger partial charge in [0.1, 0.15) is 17.6 Å². The first-order chi connectivity index (χ1) is 14.3. The average molecular weight is 425 g/mol. The van der Waals surface area contributed by atoms with Gasteiger partial charge in [0.15, 0.2) is 0 Å². The van der Waals surface area contributed by atoms with Crippen LogP contribution in [0.2, 0.25) is 0 Å². The zero-order valence-electron chi connectivity index (χ0n) is 18.6. The minimum absolute atomic E-state index is 0.223. The molecule has 0 aromatic heterocycles. The van der Waals surface area contributed by atoms with Crippen molar-refractivity contribution in [2.24, 2.45) is 11.8 Å². The van der Waals surface area contributed by atoms with Crippen molar-refractivity contribution in [1.82, 2.24) is 10.2 Å². The minimum atomic E-state index is -1.05. The second-order valence-corrected chi connectivity index (χ2v) is 8.86. The summed E-state index contributed by atoms with van der Waals surface area (Å²) >= 11 is 0. The van der Waals surface area contributed by atoms with Gasteiger partial charge in [0.2, 0.25) is 11.8 Å². The van der Waals surface area contributed by atoms with Gasteiger partial charge in [-0.3, -0.25) is 14.4 Å². The number of likely N-dealkylation sites (tertiary alicyclic amines) is 1. The number of esters is 1. The number of aliphatic hydroxyl groups is 1. The van der Waals surface area contributed by atoms with Crippen LogP contribution < -0.4 is 5.32 Å². The zero-order valence-corrected chi connectivity index (χ0v) is 18.6. The lowest BCUT2D eigenvalue weighted by atomic mass is 9.65. The van der Waals surface area contributed by atoms with E-state index in [4.69, 9.17) is 9.47 Å². The largest absolute Gasteiger partial charge is 0.466 e. The summed E-state index contributed by atoms with van der Waals surface area (Å²) in [6.07, 6.45) is 4.63. The number of rotatable bonds is 10. The molecule has 3 saturated heterocycles. The van der Waals surface area contributed by atoms with Crippen molar-refractivity contribution in [3.05, 3.63) is 0 Å². The second kappa shape index (κ2) is 8.83. The maximum absolute atomic E-state index is 13.6. The highest BCUT2D eigenvalue weighted by atomic mass is 16.6. The van der Waals surface area contributed by atoms with Gasteiger partial charge >= 0.3 is 5.97 Å². The molecule has 0 aromatic rings. The Bertz CT molecular complexity index is 685. The molecule has 3 fully saturated rings. The number of carbonyl (C=O) groups is 3. The summed E-state index contributed by atoms with van der Waals surface area (Å²) < 4.78 is 11.9. The van der Waals surface area contributed by atoms with E-state index in [1.165, 1.54) is 4.90 Å². The Balaban J connectivity index is 1.98. The summed E-state index contributed by atoms with van der Waals surface area (Å²) in [5.41, 5.74) is -1.83. The summed E-state index contributed by atoms with van der Waals surface area (Å²) in [4.78, 5) is 41.3. The number of hydrogen-bond donors (Lipinski definition) is 2. The molecular weight excluding hydrogens is 388 g/mol. The number of carbonyl (C=O) groups excluding carboxylic acids is 3. The fraction of sp³-hybridized carbons (Fsp3) is 0.864. The van der Waals surface area contributed by atoms with Crippen LogP contribution in [0.15, 0.2) is 0 Å². The normalized spacial score (nSPS) is 35.4. The van der Waals surface area contributed by atoms with E-state index in [0.29, 0.717) is 25.8 Å². The molecule has 2 unspecified atom stereocenters. The van der Waals surface area contributed by atoms with Crippen LogP contribution in [0, 0.1) is 11.8 Å². The molecule has 8 heteroatoms. The smallest absolute Gasteiger partial charge is 0.312 e. The molecule has 3 aliphatic rings. The number of amides is 2. The Morgan fingerprint density at radius 3 is 2.63 bits per heavy atom. The number of hydrogen-bond acceptors (Lipinski definition) is 6. The van der Waals surface area contributed by atoms with Crippen molar-refractivity contribution >= 4 is 17.8 Å². The van der Waals surface area contributed by atoms with Crippen molar-refractivity contribution in [3.8, 4) is 0 Å². The second-order valence-electron chi connectivity index (χ2n) is 8.86. The topological polar surface area (TPSA) is 105 Å². The summed E-state index contributed by atoms with van der Waals surface area (Å²) in [6, 6.07) is -1.40. The van der Waals surface area contributed by atoms with Gasteiger partial charge in [-0.15, -0.1) is 0 Å². The molecule has 0 aliphatic carbocycles. The monoisotopic (exact) mass is 424 g/mol. The Morgan fingerprint density at radius 1 is 1.30 bits per heavy atom. The Kier molecular flexibility index (Phi) is 6.77. The number of ether oxygens (including phenoxy) is 2. The SMILES string of the molecule is CCCCCNC(=O)C1N([C@H](C)CO)C(=O)[C@@H]2[C@@H](C(=O)OCC)[C@@]3(CC)CCC12O3. The van der Waals surface area contributed by atoms with Gasteiger partial charge in [-0.2, -0.15) is 0 Å². The van der Waals surface area contributed by atoms with Gasteiger partial charge in [0.05, 0.1) is 30.8 Å². The number of nitrogens with zero attached hydrogens (tertiary/aromatic N) is 1. The first-order valence-electron chi connectivity index (χ1n) is 11.4. The standard InChI is InChI=1S/C22H36N2O6/c1-5-8-9-12-23-18(26)17-22-11-10-21(6-2,30-22)16(20(28)29-7-3)15(22)19(27)24(17)14(4)13-25/h14-17,25H,5-13H2,1-4H3,(H,23,26)/t14-,15+,16+,17?,21-,22?/m1/s1. The highest BCUT2D eigenvalue weighted by molar-refractivity contribution is 5.98. The Labute approximate surface area is 178 Å². The number of unbranched alkanes of at least 4 members (excludes halogenated alkanes) is 2. The summed E-state index contributed by atoms with van der Waals surface area (Å²) in [7, 11) is 0. The molecule has 3 aliphatic heterocycles. The fourth-order valence-electron chi connectivity index (χ4n) is 5.79. The lowest BCUT2D eigenvalue weighted by molar-refractivity contribution is -0.161. The van der Waals surface area contributed by atoms with Crippen molar-refractivity contribution in [1.29, 1.82) is 0 Å². The van der Waals surface area contributed by atoms with E-state index >= 15 is 0 Å². The minimum Gasteiger partial charge on any atom is -0.466 e. The molecule has 6 atom stereocenters. The maximum atomic E-state index is 13.6. The molecule has 170 valence electrons. The molecule has 3 heterocycles. The third kappa shape index (κ3) is 3.32. The third-order valence-corrected chi connectivity index (χ3v) is 7.23. The van der Waals surface area contributed by atoms with Crippen LogP contribution in [0.1, 0.15) is 66.2 Å². The number of fused-ring (bicyclic) bond motifs is 1. The number of nitrogens with one attached hydrogen (secondary N) is 1. The molecule has 2 bridgehead atoms. The highest BCUT2D eigenvalue weighted by Crippen LogP contribution is 2.64. The Morgan fingerprint density at radius 2 is 2.03 bits per heavy atom. The van der Waals surface area contributed by atoms with Gasteiger partial charge in [-0.05, 0) is 39.5 Å². The van der Waals surface area contributed by atoms with Crippen LogP contribution in [-0.2, 0) is 23.9 Å². The van der Waals surface area contributed by atoms with Crippen LogP contribution in [-0.4, -0.2) is 70.8 Å². The average Bonchev–Trinajstić information content (AvgIpc) is 3.34. The third-order valence-electron chi connectivity index (χ3n) is 7.23. The van der Waals surface area contributed by atoms with Crippen molar-refractivity contribution < 1.29 is 29.0 Å². The molecule has 0 aromatic carbocycles. The Hall–Kier alpha value is -1.67. The van der Waals surface area contributed by atoms with Crippen LogP contribution in [0.4, 0.5) is 0 Å². The summed E-state index contributed by atoms with van der Waals surface area (Å²) in [5, 5.41) is 12.8. The van der Waals surface area contributed by atoms with E-state index in [1.54, 1.807) is 13.8 Å². The van der Waals surface area contributed by atoms with Gasteiger partial charge in [0.25, 0.3) is 0 Å². The molecule has 3 rings (SSSR count). The van der Waals surface area contributed by atoms with Gasteiger partial charge < -0.3 is 24.8 Å². The molecule has 8 nitrogen and oxygen atoms in total. The first kappa shape index (κ1) is 23.0. The lowest BCUT2D eigenvalue weighted by Crippen LogP contribution is -2.57. The number of aliphatic hydroxyl groups excluding tert-OH is 1. The molecule has 30 heavy (non-hydrogen) atoms. The van der Waals surface area contributed by atoms with Crippen LogP contribution >= 0.6 is 0 Å². The van der Waals surface area contributed by atoms with Crippen molar-refractivity contribution in [3.63, 3.8) is 0 Å². The van der Waals surface area contributed by atoms with Crippen LogP contribution in [0.5, 0.6) is 0 Å². The van der Waals surface area contributed by atoms with E-state index in [2.05, 4.69) is 12.2 Å². The highest BCUT2D eigenvalue weighted by Gasteiger charge is 2.79. The van der Waals surface area contributed by atoms with Crippen LogP contribution in [0.25, 0.3) is 0 Å². The van der Waals surface area contributed by atoms with Gasteiger partial charge in [0, 0.05) is 6.54 Å². The van der Waals surface area contributed by atoms with Crippen molar-refractivity contribution in [2.45, 2.75) is 89.5 Å². The van der Waals surface area contributed by atoms with E-state index in [0.717, 1.165) is 19.3 Å². The first-order valence-corrected chi connectivity index (χ1v) is 11.4. The summed E-state index contributed by atoms with van der Waals surface area (Å²) in [5.74, 6) is -2.47. The molecule has 2 N–H and O–H groups in total. The van der Waals surface area contributed by atoms with Crippen LogP contribution in [0.3, 0.4) is 0 Å². The van der Waals surface area contributed by atoms with E-state index in [1.807, 2.05) is 6.92 Å². The molecule has 0 saturated carbocycles. The van der Waals surface area contributed by atoms with Gasteiger partial charge in [-0.25, -0.2) is 0 Å². The van der Waals surface area contributed by atoms with E-state index < -0.39 is 41.1 Å². The molecule has 0 radical (unpaired) electrons. The zero-order chi connectivity index (χ0) is 22.1. The van der Waals surface area contributed by atoms with E-state index in [9.17, 15) is 19.5 Å². The van der Waals surface area contributed by atoms with Crippen molar-refractivity contribution in [2.75, 3.05) is 19.8 Å².